The topological polar surface area (TPSA) is 32.3 Å². The van der Waals surface area contributed by atoms with Gasteiger partial charge in [0, 0.05) is 0 Å². The molecule has 1 aliphatic carbocycles. The van der Waals surface area contributed by atoms with Crippen molar-refractivity contribution in [1.29, 1.82) is 0 Å². The van der Waals surface area contributed by atoms with Crippen LogP contribution in [0.5, 0.6) is 0 Å². The molecule has 0 atom stereocenters. The first-order valence-corrected chi connectivity index (χ1v) is 4.74. The third-order valence-corrected chi connectivity index (χ3v) is 3.32. The maximum absolute atomic E-state index is 10.0. The van der Waals surface area contributed by atoms with Gasteiger partial charge in [-0.25, -0.2) is 0 Å². The molecule has 2 nitrogen and oxygen atoms in total. The Balaban J connectivity index is 1.91. The van der Waals surface area contributed by atoms with Gasteiger partial charge in [0.05, 0.1) is 5.60 Å². The molecule has 2 rings (SSSR count). The van der Waals surface area contributed by atoms with E-state index in [1.165, 1.54) is 19.3 Å². The second-order valence-electron chi connectivity index (χ2n) is 3.98. The number of piperidine rings is 1. The Hall–Kier alpha value is -0.0800. The highest BCUT2D eigenvalue weighted by Gasteiger charge is 2.41. The van der Waals surface area contributed by atoms with Crippen molar-refractivity contribution in [2.45, 2.75) is 37.7 Å². The first-order valence-electron chi connectivity index (χ1n) is 4.74. The van der Waals surface area contributed by atoms with Gasteiger partial charge in [-0.3, -0.25) is 0 Å². The number of hydrogen-bond donors (Lipinski definition) is 2. The lowest BCUT2D eigenvalue weighted by molar-refractivity contribution is -0.0917. The molecule has 0 aromatic heterocycles. The van der Waals surface area contributed by atoms with E-state index in [4.69, 9.17) is 0 Å². The Labute approximate surface area is 68.0 Å². The van der Waals surface area contributed by atoms with Crippen LogP contribution >= 0.6 is 0 Å². The smallest absolute Gasteiger partial charge is 0.0676 e. The van der Waals surface area contributed by atoms with Crippen molar-refractivity contribution in [1.82, 2.24) is 5.32 Å². The predicted octanol–water partition coefficient (Wildman–Crippen LogP) is 0.901. The summed E-state index contributed by atoms with van der Waals surface area (Å²) in [7, 11) is 0. The normalized spacial score (nSPS) is 31.4. The van der Waals surface area contributed by atoms with E-state index in [-0.39, 0.29) is 5.60 Å². The van der Waals surface area contributed by atoms with Crippen LogP contribution in [0.2, 0.25) is 0 Å². The molecule has 1 heterocycles. The zero-order valence-corrected chi connectivity index (χ0v) is 6.97. The Morgan fingerprint density at radius 2 is 1.82 bits per heavy atom. The monoisotopic (exact) mass is 155 g/mol. The predicted molar refractivity (Wildman–Crippen MR) is 44.4 cm³/mol. The van der Waals surface area contributed by atoms with Crippen LogP contribution in [0.25, 0.3) is 0 Å². The van der Waals surface area contributed by atoms with Crippen LogP contribution in [0.15, 0.2) is 0 Å². The molecule has 0 spiro atoms. The lowest BCUT2D eigenvalue weighted by Crippen LogP contribution is -2.48. The summed E-state index contributed by atoms with van der Waals surface area (Å²) in [6.07, 6.45) is 5.70. The maximum atomic E-state index is 10.0. The third-order valence-electron chi connectivity index (χ3n) is 3.32. The quantitative estimate of drug-likeness (QED) is 0.589. The van der Waals surface area contributed by atoms with Gasteiger partial charge in [-0.05, 0) is 51.1 Å². The van der Waals surface area contributed by atoms with E-state index in [1.807, 2.05) is 0 Å². The lowest BCUT2D eigenvalue weighted by Gasteiger charge is -2.45. The minimum absolute atomic E-state index is 0.248. The molecule has 0 amide bonds. The fraction of sp³-hybridized carbons (Fsp3) is 1.00. The van der Waals surface area contributed by atoms with Crippen molar-refractivity contribution >= 4 is 0 Å². The van der Waals surface area contributed by atoms with E-state index in [9.17, 15) is 5.11 Å². The first-order chi connectivity index (χ1) is 5.31. The van der Waals surface area contributed by atoms with Crippen LogP contribution in [0.3, 0.4) is 0 Å². The molecule has 2 N–H and O–H groups in total. The Bertz CT molecular complexity index is 136. The van der Waals surface area contributed by atoms with Crippen molar-refractivity contribution in [3.8, 4) is 0 Å². The van der Waals surface area contributed by atoms with Crippen LogP contribution in [-0.4, -0.2) is 23.8 Å². The molecule has 11 heavy (non-hydrogen) atoms. The summed E-state index contributed by atoms with van der Waals surface area (Å²) in [5.41, 5.74) is -0.248. The third kappa shape index (κ3) is 1.30. The minimum Gasteiger partial charge on any atom is -0.390 e. The van der Waals surface area contributed by atoms with E-state index < -0.39 is 0 Å². The van der Waals surface area contributed by atoms with Gasteiger partial charge < -0.3 is 10.4 Å². The average Bonchev–Trinajstić information content (AvgIpc) is 2.02. The van der Waals surface area contributed by atoms with Gasteiger partial charge in [0.25, 0.3) is 0 Å². The molecule has 0 bridgehead atoms. The number of hydrogen-bond acceptors (Lipinski definition) is 2. The standard InChI is InChI=1S/C9H17NO/c11-9(4-1-5-9)8-2-6-10-7-3-8/h8,10-11H,1-7H2. The minimum atomic E-state index is -0.248. The summed E-state index contributed by atoms with van der Waals surface area (Å²) < 4.78 is 0. The van der Waals surface area contributed by atoms with Crippen LogP contribution in [0, 0.1) is 5.92 Å². The Kier molecular flexibility index (Phi) is 1.90. The maximum Gasteiger partial charge on any atom is 0.0676 e. The van der Waals surface area contributed by atoms with Crippen LogP contribution in [0.4, 0.5) is 0 Å². The van der Waals surface area contributed by atoms with Crippen molar-refractivity contribution in [2.24, 2.45) is 5.92 Å². The fourth-order valence-electron chi connectivity index (χ4n) is 2.31. The molecule has 64 valence electrons. The van der Waals surface area contributed by atoms with Crippen LogP contribution in [0.1, 0.15) is 32.1 Å². The molecule has 0 radical (unpaired) electrons. The molecule has 0 aromatic carbocycles. The van der Waals surface area contributed by atoms with Crippen molar-refractivity contribution < 1.29 is 5.11 Å². The van der Waals surface area contributed by atoms with Gasteiger partial charge in [0.1, 0.15) is 0 Å². The highest BCUT2D eigenvalue weighted by Crippen LogP contribution is 2.41. The Morgan fingerprint density at radius 3 is 2.27 bits per heavy atom. The van der Waals surface area contributed by atoms with Crippen LogP contribution in [-0.2, 0) is 0 Å². The van der Waals surface area contributed by atoms with Gasteiger partial charge >= 0.3 is 0 Å². The molecule has 1 aliphatic heterocycles. The summed E-state index contributed by atoms with van der Waals surface area (Å²) in [5.74, 6) is 0.595. The summed E-state index contributed by atoms with van der Waals surface area (Å²) in [5, 5.41) is 13.3. The van der Waals surface area contributed by atoms with E-state index in [0.717, 1.165) is 25.9 Å². The van der Waals surface area contributed by atoms with Crippen molar-refractivity contribution in [2.75, 3.05) is 13.1 Å². The molecule has 2 aliphatic rings. The van der Waals surface area contributed by atoms with E-state index in [2.05, 4.69) is 5.32 Å². The van der Waals surface area contributed by atoms with E-state index in [0.29, 0.717) is 5.92 Å². The van der Waals surface area contributed by atoms with Crippen LogP contribution < -0.4 is 5.32 Å². The van der Waals surface area contributed by atoms with Gasteiger partial charge in [-0.1, -0.05) is 0 Å². The summed E-state index contributed by atoms with van der Waals surface area (Å²) >= 11 is 0. The molecule has 1 saturated heterocycles. The average molecular weight is 155 g/mol. The first kappa shape index (κ1) is 7.56. The lowest BCUT2D eigenvalue weighted by atomic mass is 9.68. The molecular formula is C9H17NO. The Morgan fingerprint density at radius 1 is 1.18 bits per heavy atom. The molecule has 1 saturated carbocycles. The zero-order chi connectivity index (χ0) is 7.73. The summed E-state index contributed by atoms with van der Waals surface area (Å²) in [6, 6.07) is 0. The van der Waals surface area contributed by atoms with Gasteiger partial charge in [0.15, 0.2) is 0 Å². The van der Waals surface area contributed by atoms with E-state index in [1.54, 1.807) is 0 Å². The van der Waals surface area contributed by atoms with Gasteiger partial charge in [0.2, 0.25) is 0 Å². The van der Waals surface area contributed by atoms with E-state index >= 15 is 0 Å². The number of nitrogens with one attached hydrogen (secondary N) is 1. The summed E-state index contributed by atoms with van der Waals surface area (Å²) in [6.45, 7) is 2.21. The zero-order valence-electron chi connectivity index (χ0n) is 6.97. The molecule has 2 fully saturated rings. The molecule has 0 aromatic rings. The second-order valence-corrected chi connectivity index (χ2v) is 3.98. The SMILES string of the molecule is OC1(C2CCNCC2)CCC1. The molecular weight excluding hydrogens is 138 g/mol. The highest BCUT2D eigenvalue weighted by molar-refractivity contribution is 4.95. The summed E-state index contributed by atoms with van der Waals surface area (Å²) in [4.78, 5) is 0. The number of rotatable bonds is 1. The highest BCUT2D eigenvalue weighted by atomic mass is 16.3. The molecule has 2 heteroatoms. The number of aliphatic hydroxyl groups is 1. The van der Waals surface area contributed by atoms with Gasteiger partial charge in [-0.15, -0.1) is 0 Å². The largest absolute Gasteiger partial charge is 0.390 e. The van der Waals surface area contributed by atoms with Crippen molar-refractivity contribution in [3.63, 3.8) is 0 Å². The van der Waals surface area contributed by atoms with Gasteiger partial charge in [-0.2, -0.15) is 0 Å². The molecule has 0 unspecified atom stereocenters. The van der Waals surface area contributed by atoms with Crippen molar-refractivity contribution in [3.05, 3.63) is 0 Å². The second kappa shape index (κ2) is 2.76. The fourth-order valence-corrected chi connectivity index (χ4v) is 2.31.